The normalized spacial score (nSPS) is 28.3. The molecule has 1 saturated carbocycles. The van der Waals surface area contributed by atoms with E-state index in [1.165, 1.54) is 12.8 Å². The van der Waals surface area contributed by atoms with E-state index < -0.39 is 8.32 Å². The van der Waals surface area contributed by atoms with Crippen LogP contribution >= 0.6 is 0 Å². The molecule has 1 amide bonds. The topological polar surface area (TPSA) is 29.5 Å². The Kier molecular flexibility index (Phi) is 4.37. The lowest BCUT2D eigenvalue weighted by molar-refractivity contribution is -0.130. The van der Waals surface area contributed by atoms with Gasteiger partial charge in [-0.2, -0.15) is 0 Å². The van der Waals surface area contributed by atoms with Crippen molar-refractivity contribution in [1.29, 1.82) is 0 Å². The summed E-state index contributed by atoms with van der Waals surface area (Å²) in [6, 6.07) is 0. The van der Waals surface area contributed by atoms with E-state index in [9.17, 15) is 4.79 Å². The van der Waals surface area contributed by atoms with Crippen LogP contribution in [-0.2, 0) is 9.22 Å². The molecular formula is C16H31NO2Si. The zero-order chi connectivity index (χ0) is 15.1. The molecule has 1 aliphatic carbocycles. The second kappa shape index (κ2) is 5.45. The van der Waals surface area contributed by atoms with Gasteiger partial charge in [0, 0.05) is 32.0 Å². The molecule has 2 fully saturated rings. The largest absolute Gasteiger partial charge is 0.416 e. The van der Waals surface area contributed by atoms with Gasteiger partial charge in [-0.25, -0.2) is 0 Å². The van der Waals surface area contributed by atoms with Gasteiger partial charge in [0.15, 0.2) is 8.32 Å². The molecule has 2 rings (SSSR count). The summed E-state index contributed by atoms with van der Waals surface area (Å²) in [5.41, 5.74) is 0. The van der Waals surface area contributed by atoms with Crippen molar-refractivity contribution in [3.05, 3.63) is 0 Å². The third-order valence-electron chi connectivity index (χ3n) is 5.52. The van der Waals surface area contributed by atoms with Crippen LogP contribution in [0, 0.1) is 17.8 Å². The van der Waals surface area contributed by atoms with E-state index in [0.717, 1.165) is 25.5 Å². The molecule has 116 valence electrons. The van der Waals surface area contributed by atoms with E-state index in [0.29, 0.717) is 11.8 Å². The highest BCUT2D eigenvalue weighted by Crippen LogP contribution is 2.41. The first-order valence-electron chi connectivity index (χ1n) is 8.01. The van der Waals surface area contributed by atoms with Gasteiger partial charge in [0.25, 0.3) is 0 Å². The van der Waals surface area contributed by atoms with Gasteiger partial charge >= 0.3 is 0 Å². The van der Waals surface area contributed by atoms with E-state index in [1.807, 2.05) is 11.9 Å². The summed E-state index contributed by atoms with van der Waals surface area (Å²) in [7, 11) is 0.239. The Balaban J connectivity index is 1.95. The van der Waals surface area contributed by atoms with Gasteiger partial charge in [-0.3, -0.25) is 4.79 Å². The van der Waals surface area contributed by atoms with E-state index in [2.05, 4.69) is 33.9 Å². The fourth-order valence-electron chi connectivity index (χ4n) is 2.76. The summed E-state index contributed by atoms with van der Waals surface area (Å²) in [4.78, 5) is 14.2. The third-order valence-corrected chi connectivity index (χ3v) is 10.0. The average Bonchev–Trinajstić information content (AvgIpc) is 3.08. The van der Waals surface area contributed by atoms with Crippen LogP contribution in [0.4, 0.5) is 0 Å². The highest BCUT2D eigenvalue weighted by Gasteiger charge is 2.44. The van der Waals surface area contributed by atoms with Gasteiger partial charge in [0.2, 0.25) is 5.91 Å². The lowest BCUT2D eigenvalue weighted by Gasteiger charge is -2.37. The van der Waals surface area contributed by atoms with Crippen LogP contribution in [-0.4, -0.2) is 39.3 Å². The van der Waals surface area contributed by atoms with Gasteiger partial charge in [-0.15, -0.1) is 0 Å². The van der Waals surface area contributed by atoms with Crippen molar-refractivity contribution in [3.8, 4) is 0 Å². The molecule has 2 atom stereocenters. The van der Waals surface area contributed by atoms with E-state index in [-0.39, 0.29) is 11.0 Å². The fourth-order valence-corrected chi connectivity index (χ4v) is 3.82. The second-order valence-electron chi connectivity index (χ2n) is 8.34. The van der Waals surface area contributed by atoms with Crippen LogP contribution in [0.5, 0.6) is 0 Å². The molecule has 1 heterocycles. The van der Waals surface area contributed by atoms with Crippen molar-refractivity contribution in [1.82, 2.24) is 4.90 Å². The summed E-state index contributed by atoms with van der Waals surface area (Å²) in [6.45, 7) is 13.0. The predicted octanol–water partition coefficient (Wildman–Crippen LogP) is 3.51. The SMILES string of the molecule is CN1CC(CO[Si](C)(C)C(C)(C)C)C(CC2CC2)C1=O. The highest BCUT2D eigenvalue weighted by molar-refractivity contribution is 6.74. The Bertz CT molecular complexity index is 371. The zero-order valence-electron chi connectivity index (χ0n) is 14.0. The van der Waals surface area contributed by atoms with Gasteiger partial charge in [-0.1, -0.05) is 33.6 Å². The number of amides is 1. The molecule has 0 aromatic carbocycles. The summed E-state index contributed by atoms with van der Waals surface area (Å²) >= 11 is 0. The van der Waals surface area contributed by atoms with Gasteiger partial charge in [0.05, 0.1) is 0 Å². The van der Waals surface area contributed by atoms with Gasteiger partial charge in [0.1, 0.15) is 0 Å². The molecule has 0 aromatic heterocycles. The monoisotopic (exact) mass is 297 g/mol. The van der Waals surface area contributed by atoms with Crippen molar-refractivity contribution in [2.75, 3.05) is 20.2 Å². The van der Waals surface area contributed by atoms with E-state index in [1.54, 1.807) is 0 Å². The first-order chi connectivity index (χ1) is 9.12. The lowest BCUT2D eigenvalue weighted by atomic mass is 9.91. The van der Waals surface area contributed by atoms with E-state index in [4.69, 9.17) is 4.43 Å². The third kappa shape index (κ3) is 3.45. The summed E-state index contributed by atoms with van der Waals surface area (Å²) in [6.07, 6.45) is 3.74. The smallest absolute Gasteiger partial charge is 0.225 e. The number of likely N-dealkylation sites (tertiary alicyclic amines) is 1. The first-order valence-corrected chi connectivity index (χ1v) is 10.9. The number of carbonyl (C=O) groups excluding carboxylic acids is 1. The molecule has 1 saturated heterocycles. The highest BCUT2D eigenvalue weighted by atomic mass is 28.4. The molecule has 2 aliphatic rings. The number of hydrogen-bond acceptors (Lipinski definition) is 2. The lowest BCUT2D eigenvalue weighted by Crippen LogP contribution is -2.42. The minimum Gasteiger partial charge on any atom is -0.416 e. The molecule has 0 spiro atoms. The standard InChI is InChI=1S/C16H31NO2Si/c1-16(2,3)20(5,6)19-11-13-10-17(4)15(18)14(13)9-12-7-8-12/h12-14H,7-11H2,1-6H3. The zero-order valence-corrected chi connectivity index (χ0v) is 15.0. The molecular weight excluding hydrogens is 266 g/mol. The predicted molar refractivity (Wildman–Crippen MR) is 85.1 cm³/mol. The van der Waals surface area contributed by atoms with Crippen LogP contribution < -0.4 is 0 Å². The quantitative estimate of drug-likeness (QED) is 0.727. The first kappa shape index (κ1) is 16.0. The van der Waals surface area contributed by atoms with Crippen LogP contribution in [0.3, 0.4) is 0 Å². The number of hydrogen-bond donors (Lipinski definition) is 0. The van der Waals surface area contributed by atoms with Crippen LogP contribution in [0.1, 0.15) is 40.0 Å². The number of carbonyl (C=O) groups is 1. The van der Waals surface area contributed by atoms with Gasteiger partial charge in [-0.05, 0) is 30.5 Å². The maximum Gasteiger partial charge on any atom is 0.225 e. The Morgan fingerprint density at radius 2 is 1.90 bits per heavy atom. The molecule has 1 aliphatic heterocycles. The Hall–Kier alpha value is -0.353. The molecule has 2 unspecified atom stereocenters. The minimum atomic E-state index is -1.70. The molecule has 3 nitrogen and oxygen atoms in total. The minimum absolute atomic E-state index is 0.220. The molecule has 0 N–H and O–H groups in total. The second-order valence-corrected chi connectivity index (χ2v) is 13.1. The van der Waals surface area contributed by atoms with Crippen molar-refractivity contribution in [3.63, 3.8) is 0 Å². The molecule has 20 heavy (non-hydrogen) atoms. The fraction of sp³-hybridized carbons (Fsp3) is 0.938. The number of nitrogens with zero attached hydrogens (tertiary/aromatic N) is 1. The molecule has 0 aromatic rings. The maximum atomic E-state index is 12.3. The van der Waals surface area contributed by atoms with Crippen molar-refractivity contribution >= 4 is 14.2 Å². The summed E-state index contributed by atoms with van der Waals surface area (Å²) < 4.78 is 6.37. The van der Waals surface area contributed by atoms with Gasteiger partial charge < -0.3 is 9.33 Å². The van der Waals surface area contributed by atoms with E-state index >= 15 is 0 Å². The Morgan fingerprint density at radius 3 is 2.40 bits per heavy atom. The van der Waals surface area contributed by atoms with Crippen molar-refractivity contribution in [2.24, 2.45) is 17.8 Å². The number of rotatable bonds is 5. The van der Waals surface area contributed by atoms with Crippen LogP contribution in [0.25, 0.3) is 0 Å². The van der Waals surface area contributed by atoms with Crippen molar-refractivity contribution < 1.29 is 9.22 Å². The van der Waals surface area contributed by atoms with Crippen LogP contribution in [0.15, 0.2) is 0 Å². The Labute approximate surface area is 125 Å². The summed E-state index contributed by atoms with van der Waals surface area (Å²) in [5, 5.41) is 0.244. The molecule has 4 heteroatoms. The maximum absolute atomic E-state index is 12.3. The summed E-state index contributed by atoms with van der Waals surface area (Å²) in [5.74, 6) is 1.78. The Morgan fingerprint density at radius 1 is 1.30 bits per heavy atom. The molecule has 0 radical (unpaired) electrons. The molecule has 0 bridgehead atoms. The van der Waals surface area contributed by atoms with Crippen LogP contribution in [0.2, 0.25) is 18.1 Å². The van der Waals surface area contributed by atoms with Crippen molar-refractivity contribution in [2.45, 2.75) is 58.2 Å². The average molecular weight is 298 g/mol.